The number of amides is 2. The Hall–Kier alpha value is -2.76. The molecule has 0 bridgehead atoms. The van der Waals surface area contributed by atoms with Gasteiger partial charge in [0.2, 0.25) is 0 Å². The number of hydrogen-bond acceptors (Lipinski definition) is 4. The van der Waals surface area contributed by atoms with Crippen molar-refractivity contribution in [3.63, 3.8) is 0 Å². The third-order valence-corrected chi connectivity index (χ3v) is 3.65. The molecule has 1 N–H and O–H groups in total. The van der Waals surface area contributed by atoms with Crippen molar-refractivity contribution < 1.29 is 9.59 Å². The molecule has 0 radical (unpaired) electrons. The summed E-state index contributed by atoms with van der Waals surface area (Å²) in [6.07, 6.45) is 5.15. The van der Waals surface area contributed by atoms with Gasteiger partial charge in [0.1, 0.15) is 11.4 Å². The van der Waals surface area contributed by atoms with Gasteiger partial charge in [0, 0.05) is 32.0 Å². The van der Waals surface area contributed by atoms with E-state index in [1.807, 2.05) is 26.0 Å². The molecule has 2 aromatic heterocycles. The number of rotatable bonds is 8. The van der Waals surface area contributed by atoms with Crippen molar-refractivity contribution in [2.75, 3.05) is 13.1 Å². The molecule has 0 aromatic carbocycles. The van der Waals surface area contributed by atoms with Gasteiger partial charge in [-0.3, -0.25) is 14.6 Å². The van der Waals surface area contributed by atoms with Gasteiger partial charge in [0.15, 0.2) is 0 Å². The van der Waals surface area contributed by atoms with Gasteiger partial charge < -0.3 is 10.2 Å². The predicted octanol–water partition coefficient (Wildman–Crippen LogP) is 2.67. The van der Waals surface area contributed by atoms with Crippen molar-refractivity contribution in [1.82, 2.24) is 20.2 Å². The lowest BCUT2D eigenvalue weighted by atomic mass is 10.2. The Morgan fingerprint density at radius 3 is 2.40 bits per heavy atom. The minimum absolute atomic E-state index is 0.134. The lowest BCUT2D eigenvalue weighted by Crippen LogP contribution is -2.33. The first-order valence-electron chi connectivity index (χ1n) is 8.59. The van der Waals surface area contributed by atoms with E-state index < -0.39 is 0 Å². The van der Waals surface area contributed by atoms with Crippen LogP contribution < -0.4 is 5.32 Å². The molecule has 0 fully saturated rings. The van der Waals surface area contributed by atoms with Crippen molar-refractivity contribution in [1.29, 1.82) is 0 Å². The van der Waals surface area contributed by atoms with Gasteiger partial charge in [-0.2, -0.15) is 0 Å². The van der Waals surface area contributed by atoms with Crippen LogP contribution in [0, 0.1) is 0 Å². The van der Waals surface area contributed by atoms with E-state index in [1.54, 1.807) is 35.5 Å². The highest BCUT2D eigenvalue weighted by Crippen LogP contribution is 2.06. The summed E-state index contributed by atoms with van der Waals surface area (Å²) >= 11 is 0. The average Bonchev–Trinajstić information content (AvgIpc) is 2.66. The molecular weight excluding hydrogens is 316 g/mol. The largest absolute Gasteiger partial charge is 0.347 e. The Bertz CT molecular complexity index is 698. The van der Waals surface area contributed by atoms with E-state index >= 15 is 0 Å². The monoisotopic (exact) mass is 340 g/mol. The van der Waals surface area contributed by atoms with E-state index in [4.69, 9.17) is 0 Å². The normalized spacial score (nSPS) is 10.3. The fourth-order valence-corrected chi connectivity index (χ4v) is 2.47. The SMILES string of the molecule is CCCN(CCC)C(=O)c1cccc(C(=O)NCc2cccnc2)n1. The van der Waals surface area contributed by atoms with Crippen molar-refractivity contribution in [3.8, 4) is 0 Å². The molecular formula is C19H24N4O2. The molecule has 0 atom stereocenters. The van der Waals surface area contributed by atoms with Gasteiger partial charge in [-0.1, -0.05) is 26.0 Å². The molecule has 0 aliphatic carbocycles. The number of aromatic nitrogens is 2. The lowest BCUT2D eigenvalue weighted by molar-refractivity contribution is 0.0749. The van der Waals surface area contributed by atoms with Gasteiger partial charge in [-0.05, 0) is 36.6 Å². The molecule has 0 saturated carbocycles. The summed E-state index contributed by atoms with van der Waals surface area (Å²) in [5.74, 6) is -0.443. The third-order valence-electron chi connectivity index (χ3n) is 3.65. The molecule has 2 rings (SSSR count). The van der Waals surface area contributed by atoms with Crippen LogP contribution in [-0.2, 0) is 6.54 Å². The summed E-state index contributed by atoms with van der Waals surface area (Å²) in [4.78, 5) is 34.9. The van der Waals surface area contributed by atoms with E-state index in [0.29, 0.717) is 25.3 Å². The van der Waals surface area contributed by atoms with Crippen LogP contribution in [0.5, 0.6) is 0 Å². The molecule has 0 saturated heterocycles. The second-order valence-electron chi connectivity index (χ2n) is 5.74. The molecule has 6 heteroatoms. The van der Waals surface area contributed by atoms with Crippen molar-refractivity contribution in [3.05, 3.63) is 59.7 Å². The fraction of sp³-hybridized carbons (Fsp3) is 0.368. The maximum Gasteiger partial charge on any atom is 0.272 e. The lowest BCUT2D eigenvalue weighted by Gasteiger charge is -2.21. The minimum Gasteiger partial charge on any atom is -0.347 e. The number of carbonyl (C=O) groups is 2. The van der Waals surface area contributed by atoms with Crippen LogP contribution in [0.3, 0.4) is 0 Å². The Morgan fingerprint density at radius 2 is 1.76 bits per heavy atom. The van der Waals surface area contributed by atoms with Gasteiger partial charge >= 0.3 is 0 Å². The highest BCUT2D eigenvalue weighted by molar-refractivity contribution is 5.96. The molecule has 0 unspecified atom stereocenters. The van der Waals surface area contributed by atoms with Crippen LogP contribution in [0.15, 0.2) is 42.7 Å². The fourth-order valence-electron chi connectivity index (χ4n) is 2.47. The van der Waals surface area contributed by atoms with Crippen molar-refractivity contribution in [2.45, 2.75) is 33.2 Å². The van der Waals surface area contributed by atoms with Gasteiger partial charge in [0.05, 0.1) is 0 Å². The number of pyridine rings is 2. The smallest absolute Gasteiger partial charge is 0.272 e. The highest BCUT2D eigenvalue weighted by Gasteiger charge is 2.17. The summed E-state index contributed by atoms with van der Waals surface area (Å²) in [5, 5.41) is 2.79. The Kier molecular flexibility index (Phi) is 7.07. The zero-order valence-corrected chi connectivity index (χ0v) is 14.7. The summed E-state index contributed by atoms with van der Waals surface area (Å²) in [7, 11) is 0. The molecule has 132 valence electrons. The van der Waals surface area contributed by atoms with Crippen molar-refractivity contribution in [2.24, 2.45) is 0 Å². The van der Waals surface area contributed by atoms with Gasteiger partial charge in [-0.25, -0.2) is 4.98 Å². The molecule has 0 aliphatic heterocycles. The van der Waals surface area contributed by atoms with Crippen LogP contribution in [0.2, 0.25) is 0 Å². The summed E-state index contributed by atoms with van der Waals surface area (Å²) in [6, 6.07) is 8.65. The first-order chi connectivity index (χ1) is 12.2. The Balaban J connectivity index is 2.06. The van der Waals surface area contributed by atoms with Gasteiger partial charge in [0.25, 0.3) is 11.8 Å². The number of carbonyl (C=O) groups excluding carboxylic acids is 2. The summed E-state index contributed by atoms with van der Waals surface area (Å²) < 4.78 is 0. The minimum atomic E-state index is -0.309. The molecule has 2 aromatic rings. The topological polar surface area (TPSA) is 75.2 Å². The first-order valence-corrected chi connectivity index (χ1v) is 8.59. The molecule has 2 heterocycles. The molecule has 25 heavy (non-hydrogen) atoms. The molecule has 0 aliphatic rings. The predicted molar refractivity (Wildman–Crippen MR) is 96.1 cm³/mol. The number of nitrogens with one attached hydrogen (secondary N) is 1. The zero-order valence-electron chi connectivity index (χ0n) is 14.7. The third kappa shape index (κ3) is 5.38. The van der Waals surface area contributed by atoms with Gasteiger partial charge in [-0.15, -0.1) is 0 Å². The standard InChI is InChI=1S/C19H24N4O2/c1-3-11-23(12-4-2)19(25)17-9-5-8-16(22-17)18(24)21-14-15-7-6-10-20-13-15/h5-10,13H,3-4,11-12,14H2,1-2H3,(H,21,24). The second-order valence-corrected chi connectivity index (χ2v) is 5.74. The first kappa shape index (κ1) is 18.6. The van der Waals surface area contributed by atoms with Crippen LogP contribution in [0.25, 0.3) is 0 Å². The average molecular weight is 340 g/mol. The zero-order chi connectivity index (χ0) is 18.1. The van der Waals surface area contributed by atoms with Crippen LogP contribution in [0.1, 0.15) is 53.2 Å². The van der Waals surface area contributed by atoms with E-state index in [0.717, 1.165) is 18.4 Å². The van der Waals surface area contributed by atoms with E-state index in [1.165, 1.54) is 0 Å². The van der Waals surface area contributed by atoms with E-state index in [9.17, 15) is 9.59 Å². The van der Waals surface area contributed by atoms with Crippen molar-refractivity contribution >= 4 is 11.8 Å². The van der Waals surface area contributed by atoms with E-state index in [-0.39, 0.29) is 17.5 Å². The highest BCUT2D eigenvalue weighted by atomic mass is 16.2. The summed E-state index contributed by atoms with van der Waals surface area (Å²) in [5.41, 5.74) is 1.44. The number of hydrogen-bond donors (Lipinski definition) is 1. The second kappa shape index (κ2) is 9.52. The summed E-state index contributed by atoms with van der Waals surface area (Å²) in [6.45, 7) is 5.80. The Labute approximate surface area is 148 Å². The number of nitrogens with zero attached hydrogens (tertiary/aromatic N) is 3. The van der Waals surface area contributed by atoms with E-state index in [2.05, 4.69) is 15.3 Å². The molecule has 2 amide bonds. The maximum atomic E-state index is 12.6. The Morgan fingerprint density at radius 1 is 1.04 bits per heavy atom. The quantitative estimate of drug-likeness (QED) is 0.802. The maximum absolute atomic E-state index is 12.6. The van der Waals surface area contributed by atoms with Crippen LogP contribution >= 0.6 is 0 Å². The molecule has 6 nitrogen and oxygen atoms in total. The van der Waals surface area contributed by atoms with Crippen LogP contribution in [-0.4, -0.2) is 39.8 Å². The van der Waals surface area contributed by atoms with Crippen LogP contribution in [0.4, 0.5) is 0 Å². The molecule has 0 spiro atoms.